The number of nitrogens with two attached hydrogens (primary N) is 1. The average molecular weight is 203 g/mol. The molecule has 14 heavy (non-hydrogen) atoms. The van der Waals surface area contributed by atoms with E-state index in [0.717, 1.165) is 25.7 Å². The third-order valence-electron chi connectivity index (χ3n) is 2.03. The zero-order valence-corrected chi connectivity index (χ0v) is 9.03. The highest BCUT2D eigenvalue weighted by molar-refractivity contribution is 5.76. The van der Waals surface area contributed by atoms with Gasteiger partial charge in [0.05, 0.1) is 12.7 Å². The fourth-order valence-electron chi connectivity index (χ4n) is 0.995. The maximum absolute atomic E-state index is 11.1. The van der Waals surface area contributed by atoms with Crippen molar-refractivity contribution in [1.82, 2.24) is 0 Å². The van der Waals surface area contributed by atoms with E-state index in [2.05, 4.69) is 6.92 Å². The van der Waals surface area contributed by atoms with Crippen LogP contribution in [0.3, 0.4) is 0 Å². The van der Waals surface area contributed by atoms with Crippen molar-refractivity contribution < 1.29 is 14.6 Å². The van der Waals surface area contributed by atoms with Crippen molar-refractivity contribution in [2.24, 2.45) is 5.73 Å². The molecule has 0 saturated heterocycles. The second-order valence-corrected chi connectivity index (χ2v) is 3.49. The SMILES string of the molecule is CCCCCCOC(=O)[C@@H](N)[C@@H](C)O. The highest BCUT2D eigenvalue weighted by Gasteiger charge is 2.19. The fourth-order valence-corrected chi connectivity index (χ4v) is 0.995. The highest BCUT2D eigenvalue weighted by atomic mass is 16.5. The van der Waals surface area contributed by atoms with Crippen molar-refractivity contribution in [1.29, 1.82) is 0 Å². The smallest absolute Gasteiger partial charge is 0.325 e. The Morgan fingerprint density at radius 1 is 1.43 bits per heavy atom. The van der Waals surface area contributed by atoms with E-state index in [1.807, 2.05) is 0 Å². The second kappa shape index (κ2) is 7.76. The molecule has 0 bridgehead atoms. The lowest BCUT2D eigenvalue weighted by molar-refractivity contribution is -0.147. The van der Waals surface area contributed by atoms with Crippen LogP contribution in [0.1, 0.15) is 39.5 Å². The summed E-state index contributed by atoms with van der Waals surface area (Å²) in [6.45, 7) is 4.00. The molecule has 4 heteroatoms. The molecule has 0 aromatic carbocycles. The Kier molecular flexibility index (Phi) is 7.42. The first-order valence-electron chi connectivity index (χ1n) is 5.19. The molecule has 2 atom stereocenters. The number of ether oxygens (including phenoxy) is 1. The topological polar surface area (TPSA) is 72.5 Å². The lowest BCUT2D eigenvalue weighted by Crippen LogP contribution is -2.41. The molecule has 84 valence electrons. The Morgan fingerprint density at radius 3 is 2.57 bits per heavy atom. The third-order valence-corrected chi connectivity index (χ3v) is 2.03. The lowest BCUT2D eigenvalue weighted by atomic mass is 10.2. The number of unbranched alkanes of at least 4 members (excludes halogenated alkanes) is 3. The van der Waals surface area contributed by atoms with Crippen LogP contribution in [0.4, 0.5) is 0 Å². The molecular weight excluding hydrogens is 182 g/mol. The summed E-state index contributed by atoms with van der Waals surface area (Å²) < 4.78 is 4.89. The number of hydrogen-bond donors (Lipinski definition) is 2. The summed E-state index contributed by atoms with van der Waals surface area (Å²) >= 11 is 0. The second-order valence-electron chi connectivity index (χ2n) is 3.49. The number of carbonyl (C=O) groups excluding carboxylic acids is 1. The number of hydrogen-bond acceptors (Lipinski definition) is 4. The normalized spacial score (nSPS) is 14.9. The van der Waals surface area contributed by atoms with Crippen molar-refractivity contribution in [2.45, 2.75) is 51.7 Å². The van der Waals surface area contributed by atoms with E-state index in [9.17, 15) is 4.79 Å². The maximum Gasteiger partial charge on any atom is 0.325 e. The van der Waals surface area contributed by atoms with Crippen molar-refractivity contribution >= 4 is 5.97 Å². The quantitative estimate of drug-likeness (QED) is 0.474. The Balaban J connectivity index is 3.44. The summed E-state index contributed by atoms with van der Waals surface area (Å²) in [5.41, 5.74) is 5.38. The molecule has 0 aliphatic heterocycles. The highest BCUT2D eigenvalue weighted by Crippen LogP contribution is 2.00. The molecular formula is C10H21NO3. The van der Waals surface area contributed by atoms with E-state index in [-0.39, 0.29) is 0 Å². The third kappa shape index (κ3) is 5.94. The summed E-state index contributed by atoms with van der Waals surface area (Å²) in [6.07, 6.45) is 3.39. The first-order chi connectivity index (χ1) is 6.59. The predicted octanol–water partition coefficient (Wildman–Crippen LogP) is 0.818. The predicted molar refractivity (Wildman–Crippen MR) is 54.8 cm³/mol. The van der Waals surface area contributed by atoms with E-state index >= 15 is 0 Å². The number of aliphatic hydroxyl groups excluding tert-OH is 1. The lowest BCUT2D eigenvalue weighted by Gasteiger charge is -2.13. The molecule has 0 spiro atoms. The monoisotopic (exact) mass is 203 g/mol. The molecule has 0 saturated carbocycles. The van der Waals surface area contributed by atoms with Crippen molar-refractivity contribution in [2.75, 3.05) is 6.61 Å². The zero-order valence-electron chi connectivity index (χ0n) is 9.03. The van der Waals surface area contributed by atoms with Gasteiger partial charge in [-0.3, -0.25) is 4.79 Å². The van der Waals surface area contributed by atoms with Crippen LogP contribution < -0.4 is 5.73 Å². The average Bonchev–Trinajstić information content (AvgIpc) is 2.16. The molecule has 0 radical (unpaired) electrons. The summed E-state index contributed by atoms with van der Waals surface area (Å²) in [5, 5.41) is 9.01. The van der Waals surface area contributed by atoms with Gasteiger partial charge in [-0.05, 0) is 13.3 Å². The van der Waals surface area contributed by atoms with Crippen molar-refractivity contribution in [3.63, 3.8) is 0 Å². The van der Waals surface area contributed by atoms with E-state index in [4.69, 9.17) is 15.6 Å². The molecule has 0 aromatic rings. The van der Waals surface area contributed by atoms with Crippen LogP contribution >= 0.6 is 0 Å². The molecule has 0 aliphatic carbocycles. The number of esters is 1. The van der Waals surface area contributed by atoms with Crippen LogP contribution in [-0.2, 0) is 9.53 Å². The van der Waals surface area contributed by atoms with E-state index in [1.165, 1.54) is 6.92 Å². The molecule has 0 rings (SSSR count). The first-order valence-corrected chi connectivity index (χ1v) is 5.19. The Bertz CT molecular complexity index is 159. The largest absolute Gasteiger partial charge is 0.464 e. The molecule has 3 N–H and O–H groups in total. The number of rotatable bonds is 7. The minimum Gasteiger partial charge on any atom is -0.464 e. The Labute approximate surface area is 85.4 Å². The standard InChI is InChI=1S/C10H21NO3/c1-3-4-5-6-7-14-10(13)9(11)8(2)12/h8-9,12H,3-7,11H2,1-2H3/t8-,9+/m1/s1. The molecule has 0 amide bonds. The summed E-state index contributed by atoms with van der Waals surface area (Å²) in [7, 11) is 0. The van der Waals surface area contributed by atoms with Gasteiger partial charge in [0.15, 0.2) is 0 Å². The summed E-state index contributed by atoms with van der Waals surface area (Å²) in [4.78, 5) is 11.1. The van der Waals surface area contributed by atoms with Gasteiger partial charge in [0.1, 0.15) is 6.04 Å². The van der Waals surface area contributed by atoms with Crippen molar-refractivity contribution in [3.8, 4) is 0 Å². The van der Waals surface area contributed by atoms with Crippen LogP contribution in [0, 0.1) is 0 Å². The van der Waals surface area contributed by atoms with Gasteiger partial charge in [-0.15, -0.1) is 0 Å². The van der Waals surface area contributed by atoms with E-state index in [0.29, 0.717) is 6.61 Å². The minimum atomic E-state index is -0.916. The van der Waals surface area contributed by atoms with Gasteiger partial charge < -0.3 is 15.6 Å². The van der Waals surface area contributed by atoms with Gasteiger partial charge in [-0.1, -0.05) is 26.2 Å². The van der Waals surface area contributed by atoms with Gasteiger partial charge in [0.25, 0.3) is 0 Å². The van der Waals surface area contributed by atoms with Gasteiger partial charge in [0, 0.05) is 0 Å². The van der Waals surface area contributed by atoms with Gasteiger partial charge in [0.2, 0.25) is 0 Å². The molecule has 0 aliphatic rings. The van der Waals surface area contributed by atoms with Crippen LogP contribution in [0.5, 0.6) is 0 Å². The summed E-state index contributed by atoms with van der Waals surface area (Å²) in [6, 6.07) is -0.916. The fraction of sp³-hybridized carbons (Fsp3) is 0.900. The molecule has 0 heterocycles. The zero-order chi connectivity index (χ0) is 11.0. The molecule has 4 nitrogen and oxygen atoms in total. The first kappa shape index (κ1) is 13.4. The van der Waals surface area contributed by atoms with Crippen LogP contribution in [0.15, 0.2) is 0 Å². The Hall–Kier alpha value is -0.610. The Morgan fingerprint density at radius 2 is 2.07 bits per heavy atom. The van der Waals surface area contributed by atoms with E-state index < -0.39 is 18.1 Å². The summed E-state index contributed by atoms with van der Waals surface area (Å²) in [5.74, 6) is -0.517. The molecule has 0 aromatic heterocycles. The van der Waals surface area contributed by atoms with Crippen molar-refractivity contribution in [3.05, 3.63) is 0 Å². The minimum absolute atomic E-state index is 0.402. The molecule has 0 unspecified atom stereocenters. The van der Waals surface area contributed by atoms with Crippen LogP contribution in [-0.4, -0.2) is 29.8 Å². The van der Waals surface area contributed by atoms with Crippen LogP contribution in [0.2, 0.25) is 0 Å². The molecule has 0 fully saturated rings. The maximum atomic E-state index is 11.1. The number of carbonyl (C=O) groups is 1. The van der Waals surface area contributed by atoms with E-state index in [1.54, 1.807) is 0 Å². The van der Waals surface area contributed by atoms with Gasteiger partial charge in [-0.2, -0.15) is 0 Å². The van der Waals surface area contributed by atoms with Crippen LogP contribution in [0.25, 0.3) is 0 Å². The van der Waals surface area contributed by atoms with Gasteiger partial charge >= 0.3 is 5.97 Å². The number of aliphatic hydroxyl groups is 1. The van der Waals surface area contributed by atoms with Gasteiger partial charge in [-0.25, -0.2) is 0 Å².